The first-order valence-corrected chi connectivity index (χ1v) is 12.5. The van der Waals surface area contributed by atoms with Crippen LogP contribution in [0.1, 0.15) is 6.42 Å². The zero-order valence-corrected chi connectivity index (χ0v) is 21.2. The van der Waals surface area contributed by atoms with Crippen molar-refractivity contribution in [3.05, 3.63) is 65.0 Å². The van der Waals surface area contributed by atoms with Crippen molar-refractivity contribution in [3.8, 4) is 28.1 Å². The van der Waals surface area contributed by atoms with Crippen molar-refractivity contribution < 1.29 is 33.1 Å². The van der Waals surface area contributed by atoms with Crippen molar-refractivity contribution in [3.63, 3.8) is 0 Å². The second-order valence-corrected chi connectivity index (χ2v) is 9.79. The smallest absolute Gasteiger partial charge is 0.329 e. The SMILES string of the molecule is Cl.O=C(O)COCCCS(=O)(=O)Nc1cccc(-c2ccc3[nH]nc(-c4cncc(O)c4)c3c2)c1[N+](=O)[O-]. The highest BCUT2D eigenvalue weighted by Gasteiger charge is 2.24. The number of ether oxygens (including phenoxy) is 1. The van der Waals surface area contributed by atoms with Gasteiger partial charge in [0.25, 0.3) is 0 Å². The molecule has 0 aliphatic heterocycles. The van der Waals surface area contributed by atoms with Gasteiger partial charge in [-0.25, -0.2) is 13.2 Å². The third-order valence-electron chi connectivity index (χ3n) is 5.28. The molecule has 0 bridgehead atoms. The fourth-order valence-corrected chi connectivity index (χ4v) is 4.84. The van der Waals surface area contributed by atoms with Gasteiger partial charge in [-0.1, -0.05) is 12.1 Å². The van der Waals surface area contributed by atoms with Crippen LogP contribution >= 0.6 is 12.4 Å². The minimum atomic E-state index is -3.99. The van der Waals surface area contributed by atoms with Crippen LogP contribution in [0.15, 0.2) is 54.9 Å². The number of rotatable bonds is 11. The minimum Gasteiger partial charge on any atom is -0.506 e. The third-order valence-corrected chi connectivity index (χ3v) is 6.64. The molecule has 0 atom stereocenters. The number of H-pyrrole nitrogens is 1. The van der Waals surface area contributed by atoms with Gasteiger partial charge in [0.1, 0.15) is 23.7 Å². The monoisotopic (exact) mass is 563 g/mol. The Morgan fingerprint density at radius 3 is 2.66 bits per heavy atom. The first kappa shape index (κ1) is 28.3. The number of aromatic amines is 1. The van der Waals surface area contributed by atoms with Gasteiger partial charge >= 0.3 is 11.7 Å². The lowest BCUT2D eigenvalue weighted by atomic mass is 9.99. The Morgan fingerprint density at radius 1 is 1.16 bits per heavy atom. The van der Waals surface area contributed by atoms with Crippen LogP contribution in [0.2, 0.25) is 0 Å². The number of carboxylic acids is 1. The quantitative estimate of drug-likeness (QED) is 0.119. The summed E-state index contributed by atoms with van der Waals surface area (Å²) >= 11 is 0. The van der Waals surface area contributed by atoms with Gasteiger partial charge in [0.15, 0.2) is 0 Å². The van der Waals surface area contributed by atoms with Crippen LogP contribution in [-0.2, 0) is 19.6 Å². The largest absolute Gasteiger partial charge is 0.506 e. The lowest BCUT2D eigenvalue weighted by molar-refractivity contribution is -0.383. The second-order valence-electron chi connectivity index (χ2n) is 7.94. The molecule has 0 unspecified atom stereocenters. The molecular formula is C23H22ClN5O8S. The summed E-state index contributed by atoms with van der Waals surface area (Å²) in [5.41, 5.74) is 1.63. The Morgan fingerprint density at radius 2 is 1.95 bits per heavy atom. The number of carboxylic acid groups (broad SMARTS) is 1. The molecule has 0 saturated carbocycles. The molecule has 38 heavy (non-hydrogen) atoms. The number of aromatic nitrogens is 3. The van der Waals surface area contributed by atoms with Gasteiger partial charge in [0.05, 0.1) is 28.0 Å². The average Bonchev–Trinajstić information content (AvgIpc) is 3.26. The van der Waals surface area contributed by atoms with Gasteiger partial charge in [-0.3, -0.25) is 24.9 Å². The van der Waals surface area contributed by atoms with E-state index in [1.165, 1.54) is 36.7 Å². The molecule has 15 heteroatoms. The zero-order chi connectivity index (χ0) is 26.6. The van der Waals surface area contributed by atoms with Crippen LogP contribution in [0.25, 0.3) is 33.3 Å². The number of nitrogens with one attached hydrogen (secondary N) is 2. The van der Waals surface area contributed by atoms with Gasteiger partial charge < -0.3 is 14.9 Å². The number of nitro benzene ring substituents is 1. The summed E-state index contributed by atoms with van der Waals surface area (Å²) < 4.78 is 32.2. The van der Waals surface area contributed by atoms with Gasteiger partial charge in [0.2, 0.25) is 10.0 Å². The number of para-hydroxylation sites is 1. The fraction of sp³-hybridized carbons (Fsp3) is 0.174. The zero-order valence-electron chi connectivity index (χ0n) is 19.5. The van der Waals surface area contributed by atoms with Crippen molar-refractivity contribution in [2.24, 2.45) is 0 Å². The Hall–Kier alpha value is -4.27. The molecule has 4 rings (SSSR count). The molecule has 0 saturated heterocycles. The van der Waals surface area contributed by atoms with E-state index < -0.39 is 39.0 Å². The van der Waals surface area contributed by atoms with E-state index in [1.54, 1.807) is 18.2 Å². The van der Waals surface area contributed by atoms with E-state index in [0.717, 1.165) is 0 Å². The Labute approximate surface area is 222 Å². The number of halogens is 1. The van der Waals surface area contributed by atoms with Crippen LogP contribution in [0.5, 0.6) is 5.75 Å². The Bertz CT molecular complexity index is 1590. The molecule has 0 aliphatic rings. The lowest BCUT2D eigenvalue weighted by Crippen LogP contribution is -2.19. The van der Waals surface area contributed by atoms with E-state index in [4.69, 9.17) is 9.84 Å². The normalized spacial score (nSPS) is 11.2. The van der Waals surface area contributed by atoms with Crippen LogP contribution in [0, 0.1) is 10.1 Å². The molecule has 2 heterocycles. The Kier molecular flexibility index (Phi) is 8.83. The molecule has 0 spiro atoms. The van der Waals surface area contributed by atoms with Crippen molar-refractivity contribution in [2.75, 3.05) is 23.7 Å². The number of hydrogen-bond acceptors (Lipinski definition) is 9. The first-order valence-electron chi connectivity index (χ1n) is 10.8. The van der Waals surface area contributed by atoms with E-state index in [-0.39, 0.29) is 42.4 Å². The predicted molar refractivity (Wildman–Crippen MR) is 141 cm³/mol. The standard InChI is InChI=1S/C23H21N5O8S.ClH/c29-16-9-15(11-24-12-16)22-18-10-14(5-6-19(18)25-26-22)17-3-1-4-20(23(17)28(32)33)27-37(34,35)8-2-7-36-13-21(30)31;/h1,3-6,9-12,27,29H,2,7-8,13H2,(H,25,26)(H,30,31);1H. The summed E-state index contributed by atoms with van der Waals surface area (Å²) in [5.74, 6) is -1.64. The number of benzene rings is 2. The van der Waals surface area contributed by atoms with Crippen LogP contribution < -0.4 is 4.72 Å². The highest BCUT2D eigenvalue weighted by molar-refractivity contribution is 7.92. The fourth-order valence-electron chi connectivity index (χ4n) is 3.74. The van der Waals surface area contributed by atoms with E-state index in [1.807, 2.05) is 0 Å². The number of nitrogens with zero attached hydrogens (tertiary/aromatic N) is 3. The first-order chi connectivity index (χ1) is 17.6. The second kappa shape index (κ2) is 11.9. The molecule has 0 amide bonds. The summed E-state index contributed by atoms with van der Waals surface area (Å²) in [6.07, 6.45) is 2.80. The summed E-state index contributed by atoms with van der Waals surface area (Å²) in [7, 11) is -3.99. The topological polar surface area (TPSA) is 198 Å². The predicted octanol–water partition coefficient (Wildman–Crippen LogP) is 3.56. The van der Waals surface area contributed by atoms with E-state index in [9.17, 15) is 28.4 Å². The number of nitro groups is 1. The van der Waals surface area contributed by atoms with Crippen LogP contribution in [-0.4, -0.2) is 63.7 Å². The summed E-state index contributed by atoms with van der Waals surface area (Å²) in [6.45, 7) is -0.650. The maximum Gasteiger partial charge on any atom is 0.329 e. The van der Waals surface area contributed by atoms with Gasteiger partial charge in [-0.15, -0.1) is 12.4 Å². The van der Waals surface area contributed by atoms with E-state index in [0.29, 0.717) is 27.7 Å². The number of anilines is 1. The van der Waals surface area contributed by atoms with Crippen molar-refractivity contribution in [1.82, 2.24) is 15.2 Å². The summed E-state index contributed by atoms with van der Waals surface area (Å²) in [4.78, 5) is 25.8. The molecule has 4 N–H and O–H groups in total. The van der Waals surface area contributed by atoms with Crippen molar-refractivity contribution >= 4 is 50.7 Å². The van der Waals surface area contributed by atoms with Gasteiger partial charge in [-0.2, -0.15) is 5.10 Å². The number of aliphatic carboxylic acids is 1. The van der Waals surface area contributed by atoms with Crippen LogP contribution in [0.3, 0.4) is 0 Å². The number of aromatic hydroxyl groups is 1. The maximum atomic E-state index is 12.5. The highest BCUT2D eigenvalue weighted by Crippen LogP contribution is 2.39. The molecule has 200 valence electrons. The highest BCUT2D eigenvalue weighted by atomic mass is 35.5. The summed E-state index contributed by atoms with van der Waals surface area (Å²) in [5, 5.41) is 38.1. The average molecular weight is 564 g/mol. The van der Waals surface area contributed by atoms with Crippen LogP contribution in [0.4, 0.5) is 11.4 Å². The lowest BCUT2D eigenvalue weighted by Gasteiger charge is -2.11. The number of hydrogen-bond donors (Lipinski definition) is 4. The molecule has 0 radical (unpaired) electrons. The molecule has 0 fully saturated rings. The molecule has 2 aromatic carbocycles. The van der Waals surface area contributed by atoms with Gasteiger partial charge in [0, 0.05) is 23.8 Å². The molecule has 0 aliphatic carbocycles. The number of sulfonamides is 1. The summed E-state index contributed by atoms with van der Waals surface area (Å²) in [6, 6.07) is 10.8. The third kappa shape index (κ3) is 6.53. The Balaban J connectivity index is 0.00000400. The molecule has 2 aromatic heterocycles. The van der Waals surface area contributed by atoms with Crippen molar-refractivity contribution in [2.45, 2.75) is 6.42 Å². The van der Waals surface area contributed by atoms with E-state index >= 15 is 0 Å². The van der Waals surface area contributed by atoms with Gasteiger partial charge in [-0.05, 0) is 42.3 Å². The van der Waals surface area contributed by atoms with Crippen molar-refractivity contribution in [1.29, 1.82) is 0 Å². The number of carbonyl (C=O) groups is 1. The minimum absolute atomic E-state index is 0. The van der Waals surface area contributed by atoms with E-state index in [2.05, 4.69) is 19.9 Å². The number of pyridine rings is 1. The molecule has 13 nitrogen and oxygen atoms in total. The molecular weight excluding hydrogens is 542 g/mol. The molecule has 4 aromatic rings. The maximum absolute atomic E-state index is 12.5. The number of fused-ring (bicyclic) bond motifs is 1.